The first kappa shape index (κ1) is 14.5. The first-order chi connectivity index (χ1) is 8.36. The molecule has 0 amide bonds. The summed E-state index contributed by atoms with van der Waals surface area (Å²) in [6, 6.07) is 2.19. The van der Waals surface area contributed by atoms with E-state index < -0.39 is 0 Å². The van der Waals surface area contributed by atoms with E-state index in [0.717, 1.165) is 19.6 Å². The minimum atomic E-state index is -0.201. The summed E-state index contributed by atoms with van der Waals surface area (Å²) < 4.78 is 5.33. The summed E-state index contributed by atoms with van der Waals surface area (Å²) in [4.78, 5) is 2.36. The Bertz CT molecular complexity index is 225. The molecule has 0 aromatic carbocycles. The van der Waals surface area contributed by atoms with Crippen molar-refractivity contribution in [2.75, 3.05) is 26.2 Å². The van der Waals surface area contributed by atoms with E-state index >= 15 is 0 Å². The quantitative estimate of drug-likeness (QED) is 0.610. The second-order valence-electron chi connectivity index (χ2n) is 4.91. The predicted octanol–water partition coefficient (Wildman–Crippen LogP) is 2.96. The van der Waals surface area contributed by atoms with Gasteiger partial charge in [-0.1, -0.05) is 45.4 Å². The molecule has 1 saturated heterocycles. The molecule has 1 rings (SSSR count). The number of nitriles is 1. The summed E-state index contributed by atoms with van der Waals surface area (Å²) >= 11 is 0. The zero-order valence-corrected chi connectivity index (χ0v) is 11.2. The van der Waals surface area contributed by atoms with Crippen molar-refractivity contribution < 1.29 is 4.74 Å². The van der Waals surface area contributed by atoms with Gasteiger partial charge in [-0.3, -0.25) is 4.90 Å². The third-order valence-corrected chi connectivity index (χ3v) is 3.37. The highest BCUT2D eigenvalue weighted by atomic mass is 16.5. The average Bonchev–Trinajstić information content (AvgIpc) is 2.38. The van der Waals surface area contributed by atoms with Gasteiger partial charge < -0.3 is 4.74 Å². The maximum Gasteiger partial charge on any atom is 0.156 e. The molecular formula is C14H26N2O. The Morgan fingerprint density at radius 2 is 1.88 bits per heavy atom. The summed E-state index contributed by atoms with van der Waals surface area (Å²) in [7, 11) is 0. The van der Waals surface area contributed by atoms with Crippen LogP contribution in [0.4, 0.5) is 0 Å². The monoisotopic (exact) mass is 238 g/mol. The summed E-state index contributed by atoms with van der Waals surface area (Å²) in [6.45, 7) is 5.90. The van der Waals surface area contributed by atoms with Crippen molar-refractivity contribution in [3.8, 4) is 6.07 Å². The number of morpholine rings is 1. The molecule has 0 aliphatic carbocycles. The zero-order chi connectivity index (χ0) is 12.3. The molecule has 1 aliphatic heterocycles. The molecule has 1 aliphatic rings. The van der Waals surface area contributed by atoms with Gasteiger partial charge in [0.1, 0.15) is 0 Å². The SMILES string of the molecule is CCCCCCCCCN1CCOC(C#N)C1. The van der Waals surface area contributed by atoms with Gasteiger partial charge in [-0.15, -0.1) is 0 Å². The molecule has 0 saturated carbocycles. The average molecular weight is 238 g/mol. The maximum absolute atomic E-state index is 8.80. The summed E-state index contributed by atoms with van der Waals surface area (Å²) in [5.74, 6) is 0. The fourth-order valence-electron chi connectivity index (χ4n) is 2.28. The van der Waals surface area contributed by atoms with Gasteiger partial charge in [-0.2, -0.15) is 5.26 Å². The molecule has 0 radical (unpaired) electrons. The van der Waals surface area contributed by atoms with Gasteiger partial charge >= 0.3 is 0 Å². The first-order valence-corrected chi connectivity index (χ1v) is 7.10. The van der Waals surface area contributed by atoms with Crippen LogP contribution in [0.5, 0.6) is 0 Å². The van der Waals surface area contributed by atoms with Crippen LogP contribution in [-0.2, 0) is 4.74 Å². The molecule has 17 heavy (non-hydrogen) atoms. The third kappa shape index (κ3) is 6.65. The Labute approximate surface area is 106 Å². The normalized spacial score (nSPS) is 21.3. The number of ether oxygens (including phenoxy) is 1. The van der Waals surface area contributed by atoms with E-state index in [1.54, 1.807) is 0 Å². The van der Waals surface area contributed by atoms with E-state index in [1.807, 2.05) is 0 Å². The van der Waals surface area contributed by atoms with Gasteiger partial charge in [0.25, 0.3) is 0 Å². The van der Waals surface area contributed by atoms with E-state index in [0.29, 0.717) is 6.61 Å². The van der Waals surface area contributed by atoms with Crippen LogP contribution in [0.2, 0.25) is 0 Å². The summed E-state index contributed by atoms with van der Waals surface area (Å²) in [6.07, 6.45) is 9.25. The lowest BCUT2D eigenvalue weighted by Gasteiger charge is -2.29. The largest absolute Gasteiger partial charge is 0.361 e. The molecule has 3 heteroatoms. The molecule has 1 heterocycles. The van der Waals surface area contributed by atoms with Gasteiger partial charge in [0.2, 0.25) is 0 Å². The standard InChI is InChI=1S/C14H26N2O/c1-2-3-4-5-6-7-8-9-16-10-11-17-14(12-15)13-16/h14H,2-11,13H2,1H3. The number of rotatable bonds is 8. The van der Waals surface area contributed by atoms with E-state index in [2.05, 4.69) is 17.9 Å². The predicted molar refractivity (Wildman–Crippen MR) is 69.8 cm³/mol. The maximum atomic E-state index is 8.80. The molecule has 0 aromatic heterocycles. The highest BCUT2D eigenvalue weighted by Crippen LogP contribution is 2.09. The van der Waals surface area contributed by atoms with E-state index in [9.17, 15) is 0 Å². The van der Waals surface area contributed by atoms with Gasteiger partial charge in [0.15, 0.2) is 6.10 Å². The van der Waals surface area contributed by atoms with Crippen molar-refractivity contribution in [1.82, 2.24) is 4.90 Å². The Morgan fingerprint density at radius 3 is 2.59 bits per heavy atom. The molecule has 98 valence electrons. The zero-order valence-electron chi connectivity index (χ0n) is 11.2. The minimum Gasteiger partial charge on any atom is -0.361 e. The highest BCUT2D eigenvalue weighted by Gasteiger charge is 2.18. The second kappa shape index (κ2) is 9.44. The van der Waals surface area contributed by atoms with E-state index in [1.165, 1.54) is 44.9 Å². The molecule has 0 N–H and O–H groups in total. The van der Waals surface area contributed by atoms with Crippen LogP contribution in [0, 0.1) is 11.3 Å². The van der Waals surface area contributed by atoms with Crippen molar-refractivity contribution in [3.05, 3.63) is 0 Å². The molecule has 3 nitrogen and oxygen atoms in total. The van der Waals surface area contributed by atoms with Gasteiger partial charge in [0.05, 0.1) is 12.7 Å². The van der Waals surface area contributed by atoms with Crippen LogP contribution in [0.25, 0.3) is 0 Å². The summed E-state index contributed by atoms with van der Waals surface area (Å²) in [5.41, 5.74) is 0. The van der Waals surface area contributed by atoms with Crippen molar-refractivity contribution in [2.45, 2.75) is 58.0 Å². The number of nitrogens with zero attached hydrogens (tertiary/aromatic N) is 2. The van der Waals surface area contributed by atoms with Crippen LogP contribution in [0.3, 0.4) is 0 Å². The molecule has 1 atom stereocenters. The Kier molecular flexibility index (Phi) is 8.04. The molecular weight excluding hydrogens is 212 g/mol. The smallest absolute Gasteiger partial charge is 0.156 e. The fourth-order valence-corrected chi connectivity index (χ4v) is 2.28. The number of unbranched alkanes of at least 4 members (excludes halogenated alkanes) is 6. The van der Waals surface area contributed by atoms with Crippen molar-refractivity contribution in [1.29, 1.82) is 5.26 Å². The topological polar surface area (TPSA) is 36.3 Å². The molecule has 0 spiro atoms. The second-order valence-corrected chi connectivity index (χ2v) is 4.91. The van der Waals surface area contributed by atoms with Crippen molar-refractivity contribution >= 4 is 0 Å². The van der Waals surface area contributed by atoms with Crippen molar-refractivity contribution in [2.24, 2.45) is 0 Å². The lowest BCUT2D eigenvalue weighted by atomic mass is 10.1. The van der Waals surface area contributed by atoms with Gasteiger partial charge in [-0.25, -0.2) is 0 Å². The number of hydrogen-bond acceptors (Lipinski definition) is 3. The minimum absolute atomic E-state index is 0.201. The molecule has 0 bridgehead atoms. The lowest BCUT2D eigenvalue weighted by molar-refractivity contribution is 0.0000341. The molecule has 0 aromatic rings. The van der Waals surface area contributed by atoms with Gasteiger partial charge in [-0.05, 0) is 13.0 Å². The van der Waals surface area contributed by atoms with Crippen LogP contribution in [-0.4, -0.2) is 37.2 Å². The Morgan fingerprint density at radius 1 is 1.18 bits per heavy atom. The molecule has 1 fully saturated rings. The van der Waals surface area contributed by atoms with E-state index in [4.69, 9.17) is 10.00 Å². The number of hydrogen-bond donors (Lipinski definition) is 0. The van der Waals surface area contributed by atoms with Crippen LogP contribution in [0.1, 0.15) is 51.9 Å². The lowest BCUT2D eigenvalue weighted by Crippen LogP contribution is -2.42. The van der Waals surface area contributed by atoms with Crippen LogP contribution in [0.15, 0.2) is 0 Å². The van der Waals surface area contributed by atoms with Crippen molar-refractivity contribution in [3.63, 3.8) is 0 Å². The van der Waals surface area contributed by atoms with Gasteiger partial charge in [0, 0.05) is 13.1 Å². The summed E-state index contributed by atoms with van der Waals surface area (Å²) in [5, 5.41) is 8.80. The third-order valence-electron chi connectivity index (χ3n) is 3.37. The Balaban J connectivity index is 1.94. The molecule has 1 unspecified atom stereocenters. The van der Waals surface area contributed by atoms with Crippen LogP contribution >= 0.6 is 0 Å². The Hall–Kier alpha value is -0.590. The van der Waals surface area contributed by atoms with E-state index in [-0.39, 0.29) is 6.10 Å². The van der Waals surface area contributed by atoms with Crippen LogP contribution < -0.4 is 0 Å². The fraction of sp³-hybridized carbons (Fsp3) is 0.929. The highest BCUT2D eigenvalue weighted by molar-refractivity contribution is 4.89. The first-order valence-electron chi connectivity index (χ1n) is 7.10.